The standard InChI is InChI=1S/C39H42F4N4O4S/c1-5-45(37(50)51-38(2,3)4)21-22-46(23-26-9-13-28(14-10-26)29-15-17-30(18-16-29)39(41,42)43)34(48)24-47-33-8-6-7-32(33)35(49)44-36(47)52-25-27-11-19-31(40)20-12-27/h9-20H,5-8,21-25H2,1-4H3. The van der Waals surface area contributed by atoms with E-state index in [2.05, 4.69) is 4.98 Å². The molecule has 0 saturated carbocycles. The quantitative estimate of drug-likeness (QED) is 0.0830. The highest BCUT2D eigenvalue weighted by Crippen LogP contribution is 2.31. The zero-order chi connectivity index (χ0) is 37.6. The fourth-order valence-corrected chi connectivity index (χ4v) is 6.90. The second-order valence-electron chi connectivity index (χ2n) is 13.6. The van der Waals surface area contributed by atoms with Gasteiger partial charge < -0.3 is 19.1 Å². The first-order valence-corrected chi connectivity index (χ1v) is 18.1. The first-order chi connectivity index (χ1) is 24.6. The molecule has 13 heteroatoms. The third kappa shape index (κ3) is 10.0. The van der Waals surface area contributed by atoms with Crippen LogP contribution in [0.1, 0.15) is 62.1 Å². The molecule has 0 bridgehead atoms. The van der Waals surface area contributed by atoms with Gasteiger partial charge in [-0.2, -0.15) is 18.2 Å². The Morgan fingerprint density at radius 2 is 1.46 bits per heavy atom. The Bertz CT molecular complexity index is 1920. The number of thioether (sulfide) groups is 1. The van der Waals surface area contributed by atoms with Crippen LogP contribution in [0.5, 0.6) is 0 Å². The van der Waals surface area contributed by atoms with E-state index in [0.717, 1.165) is 40.9 Å². The van der Waals surface area contributed by atoms with Crippen LogP contribution in [-0.2, 0) is 47.4 Å². The fraction of sp³-hybridized carbons (Fsp3) is 0.385. The average molecular weight is 739 g/mol. The number of benzene rings is 3. The molecule has 0 spiro atoms. The molecule has 0 unspecified atom stereocenters. The maximum atomic E-state index is 14.3. The normalized spacial score (nSPS) is 12.8. The van der Waals surface area contributed by atoms with Gasteiger partial charge in [0.2, 0.25) is 5.91 Å². The molecule has 1 heterocycles. The lowest BCUT2D eigenvalue weighted by Crippen LogP contribution is -2.43. The number of ether oxygens (including phenoxy) is 1. The van der Waals surface area contributed by atoms with Crippen molar-refractivity contribution in [2.24, 2.45) is 0 Å². The number of carbonyl (C=O) groups excluding carboxylic acids is 2. The predicted molar refractivity (Wildman–Crippen MR) is 192 cm³/mol. The van der Waals surface area contributed by atoms with Gasteiger partial charge in [-0.25, -0.2) is 9.18 Å². The van der Waals surface area contributed by atoms with Gasteiger partial charge in [0.15, 0.2) is 5.16 Å². The van der Waals surface area contributed by atoms with Crippen molar-refractivity contribution in [2.75, 3.05) is 19.6 Å². The largest absolute Gasteiger partial charge is 0.444 e. The van der Waals surface area contributed by atoms with Gasteiger partial charge in [0, 0.05) is 43.2 Å². The van der Waals surface area contributed by atoms with E-state index in [1.807, 2.05) is 23.6 Å². The molecule has 0 aliphatic heterocycles. The molecule has 8 nitrogen and oxygen atoms in total. The highest BCUT2D eigenvalue weighted by Gasteiger charge is 2.30. The summed E-state index contributed by atoms with van der Waals surface area (Å²) in [5.74, 6) is -0.194. The van der Waals surface area contributed by atoms with Crippen LogP contribution in [0, 0.1) is 5.82 Å². The topological polar surface area (TPSA) is 84.7 Å². The number of aromatic nitrogens is 2. The van der Waals surface area contributed by atoms with Crippen LogP contribution in [0.2, 0.25) is 0 Å². The van der Waals surface area contributed by atoms with Crippen molar-refractivity contribution in [3.05, 3.63) is 117 Å². The first kappa shape index (κ1) is 38.6. The summed E-state index contributed by atoms with van der Waals surface area (Å²) in [6.07, 6.45) is -2.96. The van der Waals surface area contributed by atoms with Crippen LogP contribution < -0.4 is 5.56 Å². The Hall–Kier alpha value is -4.65. The number of carbonyl (C=O) groups is 2. The number of likely N-dealkylation sites (N-methyl/N-ethyl adjacent to an activating group) is 1. The monoisotopic (exact) mass is 738 g/mol. The van der Waals surface area contributed by atoms with E-state index < -0.39 is 23.4 Å². The molecule has 4 aromatic rings. The highest BCUT2D eigenvalue weighted by molar-refractivity contribution is 7.98. The third-order valence-electron chi connectivity index (χ3n) is 8.67. The minimum absolute atomic E-state index is 0.0937. The van der Waals surface area contributed by atoms with Crippen LogP contribution in [0.15, 0.2) is 82.7 Å². The van der Waals surface area contributed by atoms with Gasteiger partial charge >= 0.3 is 12.3 Å². The molecule has 2 amide bonds. The number of fused-ring (bicyclic) bond motifs is 1. The molecule has 0 atom stereocenters. The van der Waals surface area contributed by atoms with Gasteiger partial charge in [-0.3, -0.25) is 9.59 Å². The summed E-state index contributed by atoms with van der Waals surface area (Å²) in [7, 11) is 0. The number of alkyl halides is 3. The summed E-state index contributed by atoms with van der Waals surface area (Å²) >= 11 is 1.30. The first-order valence-electron chi connectivity index (χ1n) is 17.1. The van der Waals surface area contributed by atoms with Crippen molar-refractivity contribution in [1.29, 1.82) is 0 Å². The molecule has 1 aromatic heterocycles. The minimum atomic E-state index is -4.43. The molecule has 0 N–H and O–H groups in total. The molecule has 1 aliphatic rings. The van der Waals surface area contributed by atoms with E-state index in [4.69, 9.17) is 4.74 Å². The predicted octanol–water partition coefficient (Wildman–Crippen LogP) is 8.14. The van der Waals surface area contributed by atoms with E-state index in [9.17, 15) is 31.9 Å². The summed E-state index contributed by atoms with van der Waals surface area (Å²) in [4.78, 5) is 47.8. The number of hydrogen-bond donors (Lipinski definition) is 0. The second kappa shape index (κ2) is 16.4. The van der Waals surface area contributed by atoms with Crippen LogP contribution >= 0.6 is 11.8 Å². The van der Waals surface area contributed by atoms with Crippen molar-refractivity contribution >= 4 is 23.8 Å². The maximum absolute atomic E-state index is 14.3. The van der Waals surface area contributed by atoms with E-state index in [1.165, 1.54) is 40.9 Å². The Labute approximate surface area is 304 Å². The Kier molecular flexibility index (Phi) is 12.1. The van der Waals surface area contributed by atoms with Crippen molar-refractivity contribution in [3.63, 3.8) is 0 Å². The molecule has 5 rings (SSSR count). The van der Waals surface area contributed by atoms with Gasteiger partial charge in [0.25, 0.3) is 5.56 Å². The van der Waals surface area contributed by atoms with E-state index in [1.54, 1.807) is 49.9 Å². The van der Waals surface area contributed by atoms with Gasteiger partial charge in [0.1, 0.15) is 18.0 Å². The molecular weight excluding hydrogens is 697 g/mol. The molecule has 0 saturated heterocycles. The van der Waals surface area contributed by atoms with Gasteiger partial charge in [-0.05, 0) is 93.5 Å². The smallest absolute Gasteiger partial charge is 0.416 e. The van der Waals surface area contributed by atoms with E-state index >= 15 is 0 Å². The van der Waals surface area contributed by atoms with Crippen LogP contribution in [0.4, 0.5) is 22.4 Å². The lowest BCUT2D eigenvalue weighted by atomic mass is 10.0. The second-order valence-corrected chi connectivity index (χ2v) is 14.6. The summed E-state index contributed by atoms with van der Waals surface area (Å²) < 4.78 is 60.2. The molecule has 0 radical (unpaired) electrons. The molecule has 3 aromatic carbocycles. The Morgan fingerprint density at radius 1 is 0.865 bits per heavy atom. The van der Waals surface area contributed by atoms with E-state index in [-0.39, 0.29) is 43.5 Å². The van der Waals surface area contributed by atoms with E-state index in [0.29, 0.717) is 41.4 Å². The summed E-state index contributed by atoms with van der Waals surface area (Å²) in [6.45, 7) is 8.02. The number of rotatable bonds is 12. The lowest BCUT2D eigenvalue weighted by Gasteiger charge is -2.30. The number of hydrogen-bond acceptors (Lipinski definition) is 6. The molecule has 52 heavy (non-hydrogen) atoms. The number of halogens is 4. The maximum Gasteiger partial charge on any atom is 0.416 e. The van der Waals surface area contributed by atoms with Gasteiger partial charge in [-0.15, -0.1) is 0 Å². The van der Waals surface area contributed by atoms with Gasteiger partial charge in [-0.1, -0.05) is 60.3 Å². The van der Waals surface area contributed by atoms with Crippen molar-refractivity contribution < 1.29 is 31.9 Å². The summed E-state index contributed by atoms with van der Waals surface area (Å²) in [5, 5.41) is 0.396. The summed E-state index contributed by atoms with van der Waals surface area (Å²) in [6, 6.07) is 18.2. The zero-order valence-electron chi connectivity index (χ0n) is 29.6. The highest BCUT2D eigenvalue weighted by atomic mass is 32.2. The zero-order valence-corrected chi connectivity index (χ0v) is 30.5. The van der Waals surface area contributed by atoms with Crippen molar-refractivity contribution in [3.8, 4) is 11.1 Å². The summed E-state index contributed by atoms with van der Waals surface area (Å²) in [5.41, 5.74) is 2.60. The molecular formula is C39H42F4N4O4S. The molecule has 276 valence electrons. The van der Waals surface area contributed by atoms with Gasteiger partial charge in [0.05, 0.1) is 5.56 Å². The number of amides is 2. The Balaban J connectivity index is 1.40. The van der Waals surface area contributed by atoms with Crippen molar-refractivity contribution in [1.82, 2.24) is 19.4 Å². The van der Waals surface area contributed by atoms with Crippen molar-refractivity contribution in [2.45, 2.75) is 82.7 Å². The SMILES string of the molecule is CCN(CCN(Cc1ccc(-c2ccc(C(F)(F)F)cc2)cc1)C(=O)Cn1c(SCc2ccc(F)cc2)nc(=O)c2c1CCC2)C(=O)OC(C)(C)C. The fourth-order valence-electron chi connectivity index (χ4n) is 5.94. The molecule has 1 aliphatic carbocycles. The third-order valence-corrected chi connectivity index (χ3v) is 9.72. The minimum Gasteiger partial charge on any atom is -0.444 e. The molecule has 0 fully saturated rings. The van der Waals surface area contributed by atoms with Crippen LogP contribution in [0.25, 0.3) is 11.1 Å². The van der Waals surface area contributed by atoms with Crippen LogP contribution in [0.3, 0.4) is 0 Å². The lowest BCUT2D eigenvalue weighted by molar-refractivity contribution is -0.137. The number of nitrogens with zero attached hydrogens (tertiary/aromatic N) is 4. The average Bonchev–Trinajstić information content (AvgIpc) is 3.59. The Morgan fingerprint density at radius 3 is 2.06 bits per heavy atom. The van der Waals surface area contributed by atoms with Crippen LogP contribution in [-0.4, -0.2) is 56.6 Å².